The summed E-state index contributed by atoms with van der Waals surface area (Å²) < 4.78 is 13.9. The van der Waals surface area contributed by atoms with Crippen LogP contribution in [0.4, 0.5) is 14.9 Å². The van der Waals surface area contributed by atoms with Gasteiger partial charge in [-0.1, -0.05) is 31.9 Å². The standard InChI is InChI=1S/C20H26FN5O/c1-2-7-17-23-18(25-24-17)14-12-26(13-20(14)10-5-6-11-20)19(27)22-16-9-4-3-8-15(16)21/h3-4,8-9,14H,2,5-7,10-13H2,1H3,(H,22,27)(H,23,24,25). The molecule has 1 saturated carbocycles. The van der Waals surface area contributed by atoms with Gasteiger partial charge in [-0.25, -0.2) is 14.2 Å². The first-order valence-electron chi connectivity index (χ1n) is 9.83. The molecule has 27 heavy (non-hydrogen) atoms. The predicted octanol–water partition coefficient (Wildman–Crippen LogP) is 4.09. The van der Waals surface area contributed by atoms with Gasteiger partial charge in [-0.2, -0.15) is 5.10 Å². The number of aromatic amines is 1. The van der Waals surface area contributed by atoms with Gasteiger partial charge < -0.3 is 10.2 Å². The van der Waals surface area contributed by atoms with Crippen molar-refractivity contribution >= 4 is 11.7 Å². The SMILES string of the molecule is CCCc1nc(C2CN(C(=O)Nc3ccccc3F)CC23CCCC3)n[nH]1. The van der Waals surface area contributed by atoms with E-state index in [0.29, 0.717) is 13.1 Å². The van der Waals surface area contributed by atoms with Crippen molar-refractivity contribution in [3.8, 4) is 0 Å². The Morgan fingerprint density at radius 2 is 2.15 bits per heavy atom. The minimum atomic E-state index is -0.421. The fourth-order valence-electron chi connectivity index (χ4n) is 4.64. The van der Waals surface area contributed by atoms with Gasteiger partial charge in [0.25, 0.3) is 0 Å². The van der Waals surface area contributed by atoms with Crippen LogP contribution in [0.3, 0.4) is 0 Å². The Morgan fingerprint density at radius 1 is 1.37 bits per heavy atom. The Kier molecular flexibility index (Phi) is 4.85. The Labute approximate surface area is 158 Å². The monoisotopic (exact) mass is 371 g/mol. The number of nitrogens with one attached hydrogen (secondary N) is 2. The predicted molar refractivity (Wildman–Crippen MR) is 101 cm³/mol. The zero-order chi connectivity index (χ0) is 18.9. The molecule has 2 aromatic rings. The van der Waals surface area contributed by atoms with Crippen LogP contribution in [0.5, 0.6) is 0 Å². The van der Waals surface area contributed by atoms with E-state index in [4.69, 9.17) is 4.98 Å². The van der Waals surface area contributed by atoms with Crippen LogP contribution in [0.1, 0.15) is 56.6 Å². The largest absolute Gasteiger partial charge is 0.323 e. The molecule has 2 N–H and O–H groups in total. The number of nitrogens with zero attached hydrogens (tertiary/aromatic N) is 3. The molecule has 1 aliphatic carbocycles. The number of aromatic nitrogens is 3. The van der Waals surface area contributed by atoms with E-state index in [1.807, 2.05) is 0 Å². The van der Waals surface area contributed by atoms with E-state index in [-0.39, 0.29) is 23.1 Å². The molecular weight excluding hydrogens is 345 g/mol. The minimum Gasteiger partial charge on any atom is -0.323 e. The van der Waals surface area contributed by atoms with Crippen molar-refractivity contribution in [2.45, 2.75) is 51.4 Å². The average molecular weight is 371 g/mol. The number of amides is 2. The van der Waals surface area contributed by atoms with Crippen molar-refractivity contribution in [2.75, 3.05) is 18.4 Å². The van der Waals surface area contributed by atoms with Crippen LogP contribution in [-0.4, -0.2) is 39.2 Å². The smallest absolute Gasteiger partial charge is 0.321 e. The number of likely N-dealkylation sites (tertiary alicyclic amines) is 1. The van der Waals surface area contributed by atoms with E-state index in [9.17, 15) is 9.18 Å². The minimum absolute atomic E-state index is 0.0399. The average Bonchev–Trinajstić information content (AvgIpc) is 3.39. The maximum Gasteiger partial charge on any atom is 0.321 e. The molecule has 2 heterocycles. The lowest BCUT2D eigenvalue weighted by Gasteiger charge is -2.27. The van der Waals surface area contributed by atoms with Gasteiger partial charge in [-0.15, -0.1) is 0 Å². The summed E-state index contributed by atoms with van der Waals surface area (Å²) in [5.41, 5.74) is 0.257. The number of urea groups is 1. The molecule has 1 spiro atoms. The van der Waals surface area contributed by atoms with Crippen LogP contribution in [0.25, 0.3) is 0 Å². The maximum absolute atomic E-state index is 13.9. The van der Waals surface area contributed by atoms with Crippen LogP contribution >= 0.6 is 0 Å². The summed E-state index contributed by atoms with van der Waals surface area (Å²) in [7, 11) is 0. The van der Waals surface area contributed by atoms with Crippen LogP contribution in [0.2, 0.25) is 0 Å². The van der Waals surface area contributed by atoms with Gasteiger partial charge in [0.05, 0.1) is 5.69 Å². The van der Waals surface area contributed by atoms with E-state index in [2.05, 4.69) is 22.4 Å². The summed E-state index contributed by atoms with van der Waals surface area (Å²) in [5.74, 6) is 1.44. The number of aryl methyl sites for hydroxylation is 1. The summed E-state index contributed by atoms with van der Waals surface area (Å²) in [6.45, 7) is 3.37. The molecule has 1 unspecified atom stereocenters. The molecule has 1 aromatic carbocycles. The first kappa shape index (κ1) is 17.9. The molecule has 0 bridgehead atoms. The second kappa shape index (κ2) is 7.29. The topological polar surface area (TPSA) is 73.9 Å². The highest BCUT2D eigenvalue weighted by Gasteiger charge is 2.51. The first-order valence-corrected chi connectivity index (χ1v) is 9.83. The summed E-state index contributed by atoms with van der Waals surface area (Å²) in [6, 6.07) is 6.01. The normalized spacial score (nSPS) is 21.1. The molecule has 144 valence electrons. The highest BCUT2D eigenvalue weighted by molar-refractivity contribution is 5.89. The van der Waals surface area contributed by atoms with E-state index >= 15 is 0 Å². The van der Waals surface area contributed by atoms with Gasteiger partial charge in [0.1, 0.15) is 11.6 Å². The first-order chi connectivity index (χ1) is 13.1. The fraction of sp³-hybridized carbons (Fsp3) is 0.550. The molecule has 7 heteroatoms. The molecule has 6 nitrogen and oxygen atoms in total. The summed E-state index contributed by atoms with van der Waals surface area (Å²) in [5, 5.41) is 10.2. The van der Waals surface area contributed by atoms with Gasteiger partial charge in [0, 0.05) is 25.4 Å². The second-order valence-corrected chi connectivity index (χ2v) is 7.80. The van der Waals surface area contributed by atoms with Gasteiger partial charge >= 0.3 is 6.03 Å². The Bertz CT molecular complexity index is 814. The third-order valence-corrected chi connectivity index (χ3v) is 6.00. The van der Waals surface area contributed by atoms with Gasteiger partial charge in [-0.3, -0.25) is 5.10 Å². The Hall–Kier alpha value is -2.44. The summed E-state index contributed by atoms with van der Waals surface area (Å²) in [4.78, 5) is 19.3. The van der Waals surface area contributed by atoms with E-state index in [1.54, 1.807) is 23.1 Å². The van der Waals surface area contributed by atoms with Crippen molar-refractivity contribution in [3.05, 3.63) is 41.7 Å². The van der Waals surface area contributed by atoms with Crippen molar-refractivity contribution in [3.63, 3.8) is 0 Å². The third-order valence-electron chi connectivity index (χ3n) is 6.00. The number of hydrogen-bond acceptors (Lipinski definition) is 3. The highest BCUT2D eigenvalue weighted by Crippen LogP contribution is 2.52. The van der Waals surface area contributed by atoms with E-state index in [1.165, 1.54) is 18.9 Å². The summed E-state index contributed by atoms with van der Waals surface area (Å²) in [6.07, 6.45) is 6.40. The zero-order valence-corrected chi connectivity index (χ0v) is 15.7. The molecule has 1 saturated heterocycles. The molecular formula is C20H26FN5O. The lowest BCUT2D eigenvalue weighted by Crippen LogP contribution is -2.34. The summed E-state index contributed by atoms with van der Waals surface area (Å²) >= 11 is 0. The Balaban J connectivity index is 1.54. The number of carbonyl (C=O) groups is 1. The number of halogens is 1. The number of carbonyl (C=O) groups excluding carboxylic acids is 1. The number of benzene rings is 1. The van der Waals surface area contributed by atoms with Crippen LogP contribution in [-0.2, 0) is 6.42 Å². The second-order valence-electron chi connectivity index (χ2n) is 7.80. The molecule has 2 aliphatic rings. The van der Waals surface area contributed by atoms with Crippen LogP contribution in [0, 0.1) is 11.2 Å². The van der Waals surface area contributed by atoms with Crippen LogP contribution in [0.15, 0.2) is 24.3 Å². The van der Waals surface area contributed by atoms with Crippen LogP contribution < -0.4 is 5.32 Å². The number of rotatable bonds is 4. The molecule has 1 atom stereocenters. The van der Waals surface area contributed by atoms with E-state index < -0.39 is 5.82 Å². The number of hydrogen-bond donors (Lipinski definition) is 2. The number of para-hydroxylation sites is 1. The molecule has 2 fully saturated rings. The van der Waals surface area contributed by atoms with Gasteiger partial charge in [0.15, 0.2) is 5.82 Å². The van der Waals surface area contributed by atoms with E-state index in [0.717, 1.165) is 37.3 Å². The zero-order valence-electron chi connectivity index (χ0n) is 15.7. The van der Waals surface area contributed by atoms with Crippen molar-refractivity contribution in [2.24, 2.45) is 5.41 Å². The Morgan fingerprint density at radius 3 is 2.89 bits per heavy atom. The molecule has 1 aliphatic heterocycles. The molecule has 2 amide bonds. The van der Waals surface area contributed by atoms with Gasteiger partial charge in [-0.05, 0) is 36.8 Å². The van der Waals surface area contributed by atoms with Gasteiger partial charge in [0.2, 0.25) is 0 Å². The quantitative estimate of drug-likeness (QED) is 0.850. The number of H-pyrrole nitrogens is 1. The number of anilines is 1. The highest BCUT2D eigenvalue weighted by atomic mass is 19.1. The molecule has 0 radical (unpaired) electrons. The van der Waals surface area contributed by atoms with Crippen molar-refractivity contribution < 1.29 is 9.18 Å². The fourth-order valence-corrected chi connectivity index (χ4v) is 4.64. The maximum atomic E-state index is 13.9. The lowest BCUT2D eigenvalue weighted by molar-refractivity contribution is 0.212. The third kappa shape index (κ3) is 3.42. The lowest BCUT2D eigenvalue weighted by atomic mass is 9.76. The molecule has 4 rings (SSSR count). The van der Waals surface area contributed by atoms with Crippen molar-refractivity contribution in [1.82, 2.24) is 20.1 Å². The van der Waals surface area contributed by atoms with Crippen molar-refractivity contribution in [1.29, 1.82) is 0 Å². The molecule has 1 aromatic heterocycles.